The van der Waals surface area contributed by atoms with Gasteiger partial charge in [0.2, 0.25) is 0 Å². The number of hydrogen-bond acceptors (Lipinski definition) is 3. The molecule has 2 aromatic carbocycles. The highest BCUT2D eigenvalue weighted by Crippen LogP contribution is 2.36. The van der Waals surface area contributed by atoms with Crippen LogP contribution < -0.4 is 0 Å². The first-order valence-electron chi connectivity index (χ1n) is 6.76. The van der Waals surface area contributed by atoms with Crippen molar-refractivity contribution >= 4 is 28.2 Å². The van der Waals surface area contributed by atoms with Gasteiger partial charge in [0, 0.05) is 18.0 Å². The Labute approximate surface area is 129 Å². The molecule has 0 atom stereocenters. The Bertz CT molecular complexity index is 817. The maximum absolute atomic E-state index is 11.6. The smallest absolute Gasteiger partial charge is 0.269 e. The minimum absolute atomic E-state index is 0.0543. The first-order chi connectivity index (χ1) is 10.6. The van der Waals surface area contributed by atoms with Crippen LogP contribution in [0.3, 0.4) is 0 Å². The molecule has 0 saturated heterocycles. The summed E-state index contributed by atoms with van der Waals surface area (Å²) in [5.41, 5.74) is 1.72. The average Bonchev–Trinajstić information content (AvgIpc) is 2.54. The monoisotopic (exact) mass is 292 g/mol. The standard InChI is InChI=1S/C18H16N2O2/c1-4-13(3)17(12-19-5-2)16-11-10-14-8-6-7-9-15(14)18(16)20(21)22/h4-12H,1,3H2,2H3/b17-12+,19-5?. The van der Waals surface area contributed by atoms with E-state index in [1.165, 1.54) is 0 Å². The molecule has 0 heterocycles. The van der Waals surface area contributed by atoms with Crippen molar-refractivity contribution in [1.29, 1.82) is 0 Å². The number of nitro benzene ring substituents is 1. The fourth-order valence-corrected chi connectivity index (χ4v) is 2.25. The van der Waals surface area contributed by atoms with Gasteiger partial charge in [-0.05, 0) is 30.0 Å². The van der Waals surface area contributed by atoms with E-state index in [0.717, 1.165) is 5.39 Å². The molecule has 4 nitrogen and oxygen atoms in total. The van der Waals surface area contributed by atoms with Crippen LogP contribution in [-0.2, 0) is 0 Å². The van der Waals surface area contributed by atoms with Crippen LogP contribution in [0.2, 0.25) is 0 Å². The van der Waals surface area contributed by atoms with Crippen LogP contribution in [0.4, 0.5) is 5.69 Å². The van der Waals surface area contributed by atoms with Crippen molar-refractivity contribution in [1.82, 2.24) is 0 Å². The quantitative estimate of drug-likeness (QED) is 0.340. The minimum Gasteiger partial charge on any atom is -0.269 e. The van der Waals surface area contributed by atoms with Gasteiger partial charge in [-0.3, -0.25) is 15.1 Å². The fraction of sp³-hybridized carbons (Fsp3) is 0.0556. The molecule has 2 aromatic rings. The summed E-state index contributed by atoms with van der Waals surface area (Å²) in [4.78, 5) is 15.3. The molecule has 0 aliphatic rings. The first kappa shape index (κ1) is 15.4. The Kier molecular flexibility index (Phi) is 4.63. The van der Waals surface area contributed by atoms with Gasteiger partial charge in [0.1, 0.15) is 0 Å². The molecule has 0 fully saturated rings. The van der Waals surface area contributed by atoms with Crippen molar-refractivity contribution < 1.29 is 4.92 Å². The summed E-state index contributed by atoms with van der Waals surface area (Å²) in [7, 11) is 0. The van der Waals surface area contributed by atoms with E-state index >= 15 is 0 Å². The highest BCUT2D eigenvalue weighted by molar-refractivity contribution is 5.99. The summed E-state index contributed by atoms with van der Waals surface area (Å²) >= 11 is 0. The highest BCUT2D eigenvalue weighted by atomic mass is 16.6. The lowest BCUT2D eigenvalue weighted by Crippen LogP contribution is -1.97. The number of nitro groups is 1. The average molecular weight is 292 g/mol. The van der Waals surface area contributed by atoms with Crippen LogP contribution in [0.15, 0.2) is 72.4 Å². The lowest BCUT2D eigenvalue weighted by atomic mass is 9.95. The Balaban J connectivity index is 2.83. The van der Waals surface area contributed by atoms with Gasteiger partial charge in [0.05, 0.1) is 15.9 Å². The second-order valence-corrected chi connectivity index (χ2v) is 4.62. The Hall–Kier alpha value is -3.01. The molecule has 0 saturated carbocycles. The second kappa shape index (κ2) is 6.63. The Morgan fingerprint density at radius 2 is 2.00 bits per heavy atom. The van der Waals surface area contributed by atoms with Crippen LogP contribution in [0, 0.1) is 10.1 Å². The predicted molar refractivity (Wildman–Crippen MR) is 92.1 cm³/mol. The van der Waals surface area contributed by atoms with E-state index in [2.05, 4.69) is 18.2 Å². The van der Waals surface area contributed by atoms with E-state index in [1.807, 2.05) is 18.2 Å². The van der Waals surface area contributed by atoms with Crippen LogP contribution in [0.25, 0.3) is 16.3 Å². The van der Waals surface area contributed by atoms with Crippen molar-refractivity contribution in [2.75, 3.05) is 0 Å². The van der Waals surface area contributed by atoms with Gasteiger partial charge in [-0.2, -0.15) is 0 Å². The topological polar surface area (TPSA) is 55.5 Å². The molecule has 22 heavy (non-hydrogen) atoms. The third-order valence-electron chi connectivity index (χ3n) is 3.32. The molecule has 0 amide bonds. The van der Waals surface area contributed by atoms with Gasteiger partial charge in [-0.1, -0.05) is 43.5 Å². The lowest BCUT2D eigenvalue weighted by Gasteiger charge is -2.10. The van der Waals surface area contributed by atoms with Gasteiger partial charge in [0.25, 0.3) is 5.69 Å². The Morgan fingerprint density at radius 3 is 2.64 bits per heavy atom. The zero-order valence-corrected chi connectivity index (χ0v) is 12.3. The summed E-state index contributed by atoms with van der Waals surface area (Å²) in [6, 6.07) is 10.8. The van der Waals surface area contributed by atoms with E-state index in [-0.39, 0.29) is 10.6 Å². The SMILES string of the molecule is C=CC(=C)/C(=C\N=CC)c1ccc2ccccc2c1[N+](=O)[O-]. The van der Waals surface area contributed by atoms with Gasteiger partial charge in [0.15, 0.2) is 0 Å². The number of nitrogens with zero attached hydrogens (tertiary/aromatic N) is 2. The number of aliphatic imine (C=N–C) groups is 1. The Morgan fingerprint density at radius 1 is 1.27 bits per heavy atom. The molecule has 0 radical (unpaired) electrons. The van der Waals surface area contributed by atoms with Crippen molar-refractivity contribution in [2.45, 2.75) is 6.92 Å². The van der Waals surface area contributed by atoms with Gasteiger partial charge in [-0.25, -0.2) is 0 Å². The van der Waals surface area contributed by atoms with Crippen molar-refractivity contribution in [3.8, 4) is 0 Å². The summed E-state index contributed by atoms with van der Waals surface area (Å²) in [5, 5.41) is 13.0. The van der Waals surface area contributed by atoms with E-state index in [0.29, 0.717) is 22.1 Å². The third-order valence-corrected chi connectivity index (χ3v) is 3.32. The highest BCUT2D eigenvalue weighted by Gasteiger charge is 2.21. The van der Waals surface area contributed by atoms with Crippen LogP contribution in [-0.4, -0.2) is 11.1 Å². The molecule has 0 aliphatic carbocycles. The van der Waals surface area contributed by atoms with Gasteiger partial charge in [-0.15, -0.1) is 0 Å². The lowest BCUT2D eigenvalue weighted by molar-refractivity contribution is -0.383. The zero-order chi connectivity index (χ0) is 16.1. The molecular formula is C18H16N2O2. The summed E-state index contributed by atoms with van der Waals surface area (Å²) in [6.07, 6.45) is 4.75. The van der Waals surface area contributed by atoms with E-state index in [4.69, 9.17) is 0 Å². The molecule has 0 unspecified atom stereocenters. The minimum atomic E-state index is -0.364. The van der Waals surface area contributed by atoms with Crippen molar-refractivity contribution in [3.63, 3.8) is 0 Å². The summed E-state index contributed by atoms with van der Waals surface area (Å²) in [5.74, 6) is 0. The van der Waals surface area contributed by atoms with Gasteiger partial charge < -0.3 is 0 Å². The first-order valence-corrected chi connectivity index (χ1v) is 6.76. The van der Waals surface area contributed by atoms with Crippen molar-refractivity contribution in [2.24, 2.45) is 4.99 Å². The molecular weight excluding hydrogens is 276 g/mol. The van der Waals surface area contributed by atoms with E-state index in [1.54, 1.807) is 43.6 Å². The molecule has 0 aliphatic heterocycles. The molecule has 2 rings (SSSR count). The van der Waals surface area contributed by atoms with E-state index < -0.39 is 0 Å². The van der Waals surface area contributed by atoms with Crippen LogP contribution in [0.5, 0.6) is 0 Å². The maximum atomic E-state index is 11.6. The summed E-state index contributed by atoms with van der Waals surface area (Å²) < 4.78 is 0. The molecule has 0 N–H and O–H groups in total. The fourth-order valence-electron chi connectivity index (χ4n) is 2.25. The largest absolute Gasteiger partial charge is 0.285 e. The number of rotatable bonds is 5. The zero-order valence-electron chi connectivity index (χ0n) is 12.3. The van der Waals surface area contributed by atoms with Crippen molar-refractivity contribution in [3.05, 3.63) is 83.1 Å². The molecule has 4 heteroatoms. The predicted octanol–water partition coefficient (Wildman–Crippen LogP) is 4.92. The normalized spacial score (nSPS) is 11.8. The number of fused-ring (bicyclic) bond motifs is 1. The molecule has 0 spiro atoms. The van der Waals surface area contributed by atoms with Gasteiger partial charge >= 0.3 is 0 Å². The van der Waals surface area contributed by atoms with Crippen LogP contribution in [0.1, 0.15) is 12.5 Å². The van der Waals surface area contributed by atoms with Crippen LogP contribution >= 0.6 is 0 Å². The maximum Gasteiger partial charge on any atom is 0.285 e. The molecule has 0 aromatic heterocycles. The van der Waals surface area contributed by atoms with E-state index in [9.17, 15) is 10.1 Å². The number of hydrogen-bond donors (Lipinski definition) is 0. The second-order valence-electron chi connectivity index (χ2n) is 4.62. The molecule has 0 bridgehead atoms. The molecule has 110 valence electrons. The third kappa shape index (κ3) is 2.86. The number of benzene rings is 2. The number of allylic oxidation sites excluding steroid dienone is 3. The summed E-state index contributed by atoms with van der Waals surface area (Å²) in [6.45, 7) is 9.37.